The van der Waals surface area contributed by atoms with Crippen LogP contribution in [0.4, 0.5) is 0 Å². The van der Waals surface area contributed by atoms with Crippen LogP contribution in [0.15, 0.2) is 0 Å². The van der Waals surface area contributed by atoms with E-state index in [0.717, 1.165) is 0 Å². The minimum absolute atomic E-state index is 0.0230. The summed E-state index contributed by atoms with van der Waals surface area (Å²) in [5.41, 5.74) is 0. The summed E-state index contributed by atoms with van der Waals surface area (Å²) < 4.78 is 4.78. The summed E-state index contributed by atoms with van der Waals surface area (Å²) >= 11 is 0. The SMILES string of the molecule is CCOC(=O)C(C)NC(=O)c1n[nH]c(C(C)C)n1. The first-order valence-corrected chi connectivity index (χ1v) is 5.85. The molecule has 0 spiro atoms. The molecular formula is C11H18N4O3. The molecule has 0 aromatic carbocycles. The number of ether oxygens (including phenoxy) is 1. The maximum atomic E-state index is 11.7. The number of H-pyrrole nitrogens is 1. The Bertz CT molecular complexity index is 428. The fourth-order valence-electron chi connectivity index (χ4n) is 1.22. The minimum Gasteiger partial charge on any atom is -0.464 e. The van der Waals surface area contributed by atoms with Crippen LogP contribution in [0.1, 0.15) is 50.1 Å². The van der Waals surface area contributed by atoms with Crippen LogP contribution in [0.2, 0.25) is 0 Å². The van der Waals surface area contributed by atoms with E-state index in [4.69, 9.17) is 4.74 Å². The second kappa shape index (κ2) is 6.13. The number of nitrogens with zero attached hydrogens (tertiary/aromatic N) is 2. The molecule has 0 aliphatic heterocycles. The van der Waals surface area contributed by atoms with Gasteiger partial charge in [0.2, 0.25) is 5.82 Å². The Morgan fingerprint density at radius 1 is 1.39 bits per heavy atom. The second-order valence-electron chi connectivity index (χ2n) is 4.15. The molecule has 1 rings (SSSR count). The first kappa shape index (κ1) is 14.1. The highest BCUT2D eigenvalue weighted by Crippen LogP contribution is 2.07. The standard InChI is InChI=1S/C11H18N4O3/c1-5-18-11(17)7(4)12-10(16)9-13-8(6(2)3)14-15-9/h6-7H,5H2,1-4H3,(H,12,16)(H,13,14,15). The van der Waals surface area contributed by atoms with E-state index in [9.17, 15) is 9.59 Å². The van der Waals surface area contributed by atoms with Crippen molar-refractivity contribution in [2.75, 3.05) is 6.61 Å². The van der Waals surface area contributed by atoms with E-state index in [1.807, 2.05) is 13.8 Å². The predicted molar refractivity (Wildman–Crippen MR) is 64.0 cm³/mol. The number of hydrogen-bond donors (Lipinski definition) is 2. The van der Waals surface area contributed by atoms with Crippen molar-refractivity contribution in [2.24, 2.45) is 0 Å². The lowest BCUT2D eigenvalue weighted by Crippen LogP contribution is -2.40. The number of aromatic nitrogens is 3. The summed E-state index contributed by atoms with van der Waals surface area (Å²) in [6.45, 7) is 7.40. The van der Waals surface area contributed by atoms with Gasteiger partial charge in [0.1, 0.15) is 11.9 Å². The number of amides is 1. The Labute approximate surface area is 105 Å². The molecule has 0 aliphatic carbocycles. The summed E-state index contributed by atoms with van der Waals surface area (Å²) in [4.78, 5) is 27.1. The molecule has 0 bridgehead atoms. The molecule has 1 amide bonds. The predicted octanol–water partition coefficient (Wildman–Crippen LogP) is 0.609. The van der Waals surface area contributed by atoms with Gasteiger partial charge in [0, 0.05) is 5.92 Å². The molecule has 1 aromatic heterocycles. The number of rotatable bonds is 5. The van der Waals surface area contributed by atoms with E-state index < -0.39 is 17.9 Å². The van der Waals surface area contributed by atoms with Crippen molar-refractivity contribution in [2.45, 2.75) is 39.7 Å². The Morgan fingerprint density at radius 2 is 2.06 bits per heavy atom. The molecule has 0 saturated heterocycles. The first-order valence-electron chi connectivity index (χ1n) is 5.85. The van der Waals surface area contributed by atoms with Gasteiger partial charge in [-0.1, -0.05) is 13.8 Å². The van der Waals surface area contributed by atoms with Crippen molar-refractivity contribution >= 4 is 11.9 Å². The molecule has 100 valence electrons. The van der Waals surface area contributed by atoms with Gasteiger partial charge in [-0.3, -0.25) is 9.89 Å². The summed E-state index contributed by atoms with van der Waals surface area (Å²) in [5, 5.41) is 8.95. The highest BCUT2D eigenvalue weighted by Gasteiger charge is 2.20. The van der Waals surface area contributed by atoms with Gasteiger partial charge in [-0.25, -0.2) is 9.78 Å². The molecule has 7 heteroatoms. The highest BCUT2D eigenvalue weighted by molar-refractivity contribution is 5.93. The van der Waals surface area contributed by atoms with Crippen LogP contribution in [0.25, 0.3) is 0 Å². The van der Waals surface area contributed by atoms with Crippen molar-refractivity contribution in [1.29, 1.82) is 0 Å². The van der Waals surface area contributed by atoms with Gasteiger partial charge in [-0.15, -0.1) is 5.10 Å². The molecule has 1 unspecified atom stereocenters. The number of hydrogen-bond acceptors (Lipinski definition) is 5. The van der Waals surface area contributed by atoms with Gasteiger partial charge in [0.15, 0.2) is 0 Å². The van der Waals surface area contributed by atoms with Crippen LogP contribution < -0.4 is 5.32 Å². The number of aromatic amines is 1. The van der Waals surface area contributed by atoms with E-state index in [-0.39, 0.29) is 18.3 Å². The molecule has 0 saturated carbocycles. The molecular weight excluding hydrogens is 236 g/mol. The zero-order valence-corrected chi connectivity index (χ0v) is 11.0. The van der Waals surface area contributed by atoms with E-state index in [2.05, 4.69) is 20.5 Å². The monoisotopic (exact) mass is 254 g/mol. The van der Waals surface area contributed by atoms with Gasteiger partial charge in [0.25, 0.3) is 5.91 Å². The molecule has 1 atom stereocenters. The molecule has 0 fully saturated rings. The van der Waals surface area contributed by atoms with Crippen molar-refractivity contribution in [3.63, 3.8) is 0 Å². The number of nitrogens with one attached hydrogen (secondary N) is 2. The molecule has 0 radical (unpaired) electrons. The van der Waals surface area contributed by atoms with Crippen LogP contribution in [0, 0.1) is 0 Å². The van der Waals surface area contributed by atoms with Crippen LogP contribution in [0.5, 0.6) is 0 Å². The normalized spacial score (nSPS) is 12.3. The fraction of sp³-hybridized carbons (Fsp3) is 0.636. The first-order chi connectivity index (χ1) is 8.45. The summed E-state index contributed by atoms with van der Waals surface area (Å²) in [6, 6.07) is -0.724. The average Bonchev–Trinajstić information content (AvgIpc) is 2.78. The van der Waals surface area contributed by atoms with Gasteiger partial charge < -0.3 is 10.1 Å². The summed E-state index contributed by atoms with van der Waals surface area (Å²) in [7, 11) is 0. The Balaban J connectivity index is 2.61. The number of carbonyl (C=O) groups excluding carboxylic acids is 2. The third kappa shape index (κ3) is 3.54. The van der Waals surface area contributed by atoms with Gasteiger partial charge in [0.05, 0.1) is 6.61 Å². The number of esters is 1. The zero-order chi connectivity index (χ0) is 13.7. The smallest absolute Gasteiger partial charge is 0.328 e. The van der Waals surface area contributed by atoms with E-state index in [0.29, 0.717) is 5.82 Å². The number of carbonyl (C=O) groups is 2. The van der Waals surface area contributed by atoms with Crippen LogP contribution in [-0.4, -0.2) is 39.7 Å². The largest absolute Gasteiger partial charge is 0.464 e. The molecule has 7 nitrogen and oxygen atoms in total. The second-order valence-corrected chi connectivity index (χ2v) is 4.15. The third-order valence-electron chi connectivity index (χ3n) is 2.24. The summed E-state index contributed by atoms with van der Waals surface area (Å²) in [5.74, 6) is -0.176. The van der Waals surface area contributed by atoms with Crippen molar-refractivity contribution in [3.05, 3.63) is 11.6 Å². The Kier molecular flexibility index (Phi) is 4.82. The Hall–Kier alpha value is -1.92. The maximum Gasteiger partial charge on any atom is 0.328 e. The topological polar surface area (TPSA) is 97.0 Å². The summed E-state index contributed by atoms with van der Waals surface area (Å²) in [6.07, 6.45) is 0. The maximum absolute atomic E-state index is 11.7. The van der Waals surface area contributed by atoms with Crippen molar-refractivity contribution < 1.29 is 14.3 Å². The lowest BCUT2D eigenvalue weighted by atomic mass is 10.2. The van der Waals surface area contributed by atoms with Gasteiger partial charge in [-0.2, -0.15) is 0 Å². The fourth-order valence-corrected chi connectivity index (χ4v) is 1.22. The van der Waals surface area contributed by atoms with Crippen LogP contribution in [-0.2, 0) is 9.53 Å². The molecule has 1 heterocycles. The molecule has 2 N–H and O–H groups in total. The molecule has 18 heavy (non-hydrogen) atoms. The highest BCUT2D eigenvalue weighted by atomic mass is 16.5. The van der Waals surface area contributed by atoms with Crippen LogP contribution in [0.3, 0.4) is 0 Å². The van der Waals surface area contributed by atoms with E-state index in [1.165, 1.54) is 0 Å². The molecule has 0 aliphatic rings. The lowest BCUT2D eigenvalue weighted by Gasteiger charge is -2.10. The van der Waals surface area contributed by atoms with E-state index >= 15 is 0 Å². The average molecular weight is 254 g/mol. The Morgan fingerprint density at radius 3 is 2.56 bits per heavy atom. The van der Waals surface area contributed by atoms with Crippen molar-refractivity contribution in [3.8, 4) is 0 Å². The quantitative estimate of drug-likeness (QED) is 0.750. The van der Waals surface area contributed by atoms with Gasteiger partial charge in [-0.05, 0) is 13.8 Å². The third-order valence-corrected chi connectivity index (χ3v) is 2.24. The van der Waals surface area contributed by atoms with E-state index in [1.54, 1.807) is 13.8 Å². The molecule has 1 aromatic rings. The van der Waals surface area contributed by atoms with Gasteiger partial charge >= 0.3 is 5.97 Å². The lowest BCUT2D eigenvalue weighted by molar-refractivity contribution is -0.144. The minimum atomic E-state index is -0.724. The zero-order valence-electron chi connectivity index (χ0n) is 11.0. The van der Waals surface area contributed by atoms with Crippen molar-refractivity contribution in [1.82, 2.24) is 20.5 Å². The van der Waals surface area contributed by atoms with Crippen LogP contribution >= 0.6 is 0 Å².